The van der Waals surface area contributed by atoms with Gasteiger partial charge in [0, 0.05) is 17.5 Å². The van der Waals surface area contributed by atoms with E-state index >= 15 is 0 Å². The molecule has 0 aliphatic heterocycles. The smallest absolute Gasteiger partial charge is 0.217 e. The standard InChI is InChI=1S/C13H14N2O/c14-13(16)7-3-5-11-9-8-10-4-1-2-6-12(10)15-11/h1-2,4,6,8-9H,3,5,7H2,(H2,14,16). The Balaban J connectivity index is 2.10. The van der Waals surface area contributed by atoms with Crippen LogP contribution in [-0.2, 0) is 11.2 Å². The molecule has 0 aliphatic carbocycles. The minimum Gasteiger partial charge on any atom is -0.370 e. The molecule has 0 saturated carbocycles. The van der Waals surface area contributed by atoms with Gasteiger partial charge in [-0.05, 0) is 25.0 Å². The Kier molecular flexibility index (Phi) is 3.15. The number of carbonyl (C=O) groups is 1. The molecule has 1 aromatic heterocycles. The van der Waals surface area contributed by atoms with Gasteiger partial charge in [-0.2, -0.15) is 0 Å². The summed E-state index contributed by atoms with van der Waals surface area (Å²) >= 11 is 0. The molecular formula is C13H14N2O. The Morgan fingerprint density at radius 2 is 2.00 bits per heavy atom. The highest BCUT2D eigenvalue weighted by Gasteiger charge is 1.99. The molecule has 1 aromatic carbocycles. The van der Waals surface area contributed by atoms with Crippen molar-refractivity contribution in [2.45, 2.75) is 19.3 Å². The van der Waals surface area contributed by atoms with E-state index in [0.29, 0.717) is 6.42 Å². The normalized spacial score (nSPS) is 10.5. The molecule has 0 saturated heterocycles. The molecule has 2 aromatic rings. The minimum absolute atomic E-state index is 0.249. The van der Waals surface area contributed by atoms with Gasteiger partial charge in [0.1, 0.15) is 0 Å². The van der Waals surface area contributed by atoms with Crippen molar-refractivity contribution in [3.8, 4) is 0 Å². The quantitative estimate of drug-likeness (QED) is 0.846. The van der Waals surface area contributed by atoms with Gasteiger partial charge in [-0.1, -0.05) is 24.3 Å². The van der Waals surface area contributed by atoms with Gasteiger partial charge >= 0.3 is 0 Å². The number of benzene rings is 1. The van der Waals surface area contributed by atoms with E-state index in [2.05, 4.69) is 11.1 Å². The molecule has 0 fully saturated rings. The fourth-order valence-corrected chi connectivity index (χ4v) is 1.69. The number of primary amides is 1. The largest absolute Gasteiger partial charge is 0.370 e. The molecule has 2 N–H and O–H groups in total. The van der Waals surface area contributed by atoms with Crippen molar-refractivity contribution >= 4 is 16.8 Å². The number of hydrogen-bond donors (Lipinski definition) is 1. The van der Waals surface area contributed by atoms with E-state index in [1.54, 1.807) is 0 Å². The zero-order valence-electron chi connectivity index (χ0n) is 9.02. The summed E-state index contributed by atoms with van der Waals surface area (Å²) in [7, 11) is 0. The predicted octanol–water partition coefficient (Wildman–Crippen LogP) is 2.04. The van der Waals surface area contributed by atoms with Crippen LogP contribution in [0.5, 0.6) is 0 Å². The van der Waals surface area contributed by atoms with E-state index in [1.807, 2.05) is 30.3 Å². The van der Waals surface area contributed by atoms with Gasteiger partial charge in [0.25, 0.3) is 0 Å². The second kappa shape index (κ2) is 4.75. The molecule has 82 valence electrons. The Hall–Kier alpha value is -1.90. The van der Waals surface area contributed by atoms with Gasteiger partial charge in [-0.3, -0.25) is 9.78 Å². The number of aromatic nitrogens is 1. The fourth-order valence-electron chi connectivity index (χ4n) is 1.69. The number of hydrogen-bond acceptors (Lipinski definition) is 2. The monoisotopic (exact) mass is 214 g/mol. The van der Waals surface area contributed by atoms with Crippen LogP contribution >= 0.6 is 0 Å². The van der Waals surface area contributed by atoms with Crippen molar-refractivity contribution in [1.29, 1.82) is 0 Å². The number of carbonyl (C=O) groups excluding carboxylic acids is 1. The highest BCUT2D eigenvalue weighted by atomic mass is 16.1. The molecular weight excluding hydrogens is 200 g/mol. The van der Waals surface area contributed by atoms with E-state index < -0.39 is 0 Å². The molecule has 2 rings (SSSR count). The number of nitrogens with zero attached hydrogens (tertiary/aromatic N) is 1. The number of amides is 1. The maximum Gasteiger partial charge on any atom is 0.217 e. The van der Waals surface area contributed by atoms with Gasteiger partial charge in [-0.15, -0.1) is 0 Å². The molecule has 1 heterocycles. The first-order valence-electron chi connectivity index (χ1n) is 5.39. The van der Waals surface area contributed by atoms with E-state index in [9.17, 15) is 4.79 Å². The van der Waals surface area contributed by atoms with Crippen molar-refractivity contribution in [3.05, 3.63) is 42.1 Å². The summed E-state index contributed by atoms with van der Waals surface area (Å²) in [6.07, 6.45) is 1.99. The lowest BCUT2D eigenvalue weighted by Gasteiger charge is -2.01. The summed E-state index contributed by atoms with van der Waals surface area (Å²) in [5, 5.41) is 1.14. The summed E-state index contributed by atoms with van der Waals surface area (Å²) in [6, 6.07) is 12.1. The second-order valence-corrected chi connectivity index (χ2v) is 3.82. The number of pyridine rings is 1. The van der Waals surface area contributed by atoms with Crippen LogP contribution in [0.25, 0.3) is 10.9 Å². The molecule has 1 amide bonds. The van der Waals surface area contributed by atoms with Crippen molar-refractivity contribution in [2.24, 2.45) is 5.73 Å². The fraction of sp³-hybridized carbons (Fsp3) is 0.231. The van der Waals surface area contributed by atoms with Crippen LogP contribution in [0.4, 0.5) is 0 Å². The summed E-state index contributed by atoms with van der Waals surface area (Å²) in [6.45, 7) is 0. The zero-order valence-corrected chi connectivity index (χ0v) is 9.02. The first-order valence-corrected chi connectivity index (χ1v) is 5.39. The van der Waals surface area contributed by atoms with Crippen LogP contribution in [0.1, 0.15) is 18.5 Å². The Labute approximate surface area is 94.3 Å². The topological polar surface area (TPSA) is 56.0 Å². The van der Waals surface area contributed by atoms with Gasteiger partial charge in [0.05, 0.1) is 5.52 Å². The summed E-state index contributed by atoms with van der Waals surface area (Å²) in [4.78, 5) is 15.1. The van der Waals surface area contributed by atoms with Gasteiger partial charge in [0.2, 0.25) is 5.91 Å². The third-order valence-electron chi connectivity index (χ3n) is 2.51. The SMILES string of the molecule is NC(=O)CCCc1ccc2ccccc2n1. The number of rotatable bonds is 4. The average Bonchev–Trinajstić information content (AvgIpc) is 2.28. The maximum atomic E-state index is 10.6. The number of nitrogens with two attached hydrogens (primary N) is 1. The van der Waals surface area contributed by atoms with E-state index in [0.717, 1.165) is 29.4 Å². The van der Waals surface area contributed by atoms with Crippen molar-refractivity contribution in [2.75, 3.05) is 0 Å². The van der Waals surface area contributed by atoms with E-state index in [-0.39, 0.29) is 5.91 Å². The molecule has 0 aliphatic rings. The zero-order chi connectivity index (χ0) is 11.4. The number of aryl methyl sites for hydroxylation is 1. The molecule has 0 bridgehead atoms. The Morgan fingerprint density at radius 3 is 2.81 bits per heavy atom. The van der Waals surface area contributed by atoms with Crippen LogP contribution in [0.15, 0.2) is 36.4 Å². The first-order chi connectivity index (χ1) is 7.75. The Morgan fingerprint density at radius 1 is 1.19 bits per heavy atom. The number of fused-ring (bicyclic) bond motifs is 1. The van der Waals surface area contributed by atoms with Crippen LogP contribution in [0.2, 0.25) is 0 Å². The summed E-state index contributed by atoms with van der Waals surface area (Å²) in [5.41, 5.74) is 7.10. The number of para-hydroxylation sites is 1. The molecule has 16 heavy (non-hydrogen) atoms. The second-order valence-electron chi connectivity index (χ2n) is 3.82. The molecule has 0 atom stereocenters. The van der Waals surface area contributed by atoms with Crippen molar-refractivity contribution in [3.63, 3.8) is 0 Å². The van der Waals surface area contributed by atoms with Crippen LogP contribution < -0.4 is 5.73 Å². The predicted molar refractivity (Wildman–Crippen MR) is 63.9 cm³/mol. The molecule has 0 spiro atoms. The van der Waals surface area contributed by atoms with Gasteiger partial charge in [0.15, 0.2) is 0 Å². The first kappa shape index (κ1) is 10.6. The minimum atomic E-state index is -0.249. The molecule has 0 radical (unpaired) electrons. The lowest BCUT2D eigenvalue weighted by atomic mass is 10.1. The molecule has 3 heteroatoms. The van der Waals surface area contributed by atoms with Crippen LogP contribution in [0.3, 0.4) is 0 Å². The van der Waals surface area contributed by atoms with Crippen LogP contribution in [0, 0.1) is 0 Å². The van der Waals surface area contributed by atoms with Crippen LogP contribution in [-0.4, -0.2) is 10.9 Å². The van der Waals surface area contributed by atoms with Gasteiger partial charge in [-0.25, -0.2) is 0 Å². The maximum absolute atomic E-state index is 10.6. The highest BCUT2D eigenvalue weighted by Crippen LogP contribution is 2.12. The van der Waals surface area contributed by atoms with Crippen molar-refractivity contribution < 1.29 is 4.79 Å². The lowest BCUT2D eigenvalue weighted by molar-refractivity contribution is -0.118. The van der Waals surface area contributed by atoms with E-state index in [1.165, 1.54) is 0 Å². The van der Waals surface area contributed by atoms with Crippen molar-refractivity contribution in [1.82, 2.24) is 4.98 Å². The lowest BCUT2D eigenvalue weighted by Crippen LogP contribution is -2.10. The highest BCUT2D eigenvalue weighted by molar-refractivity contribution is 5.78. The van der Waals surface area contributed by atoms with E-state index in [4.69, 9.17) is 5.73 Å². The third kappa shape index (κ3) is 2.57. The molecule has 0 unspecified atom stereocenters. The summed E-state index contributed by atoms with van der Waals surface area (Å²) < 4.78 is 0. The summed E-state index contributed by atoms with van der Waals surface area (Å²) in [5.74, 6) is -0.249. The Bertz CT molecular complexity index is 508. The van der Waals surface area contributed by atoms with Gasteiger partial charge < -0.3 is 5.73 Å². The third-order valence-corrected chi connectivity index (χ3v) is 2.51. The average molecular weight is 214 g/mol. The molecule has 3 nitrogen and oxygen atoms in total.